The summed E-state index contributed by atoms with van der Waals surface area (Å²) in [6.07, 6.45) is 1.97. The number of hydrazine groups is 1. The van der Waals surface area contributed by atoms with Crippen LogP contribution >= 0.6 is 23.7 Å². The summed E-state index contributed by atoms with van der Waals surface area (Å²) in [6.45, 7) is 0. The van der Waals surface area contributed by atoms with Crippen molar-refractivity contribution >= 4 is 29.7 Å². The number of nitro groups is 1. The Balaban J connectivity index is 0.000000158. The summed E-state index contributed by atoms with van der Waals surface area (Å²) in [5.41, 5.74) is 0. The van der Waals surface area contributed by atoms with Crippen LogP contribution in [0.1, 0.15) is 0 Å². The Morgan fingerprint density at radius 1 is 1.67 bits per heavy atom. The molecule has 0 bridgehead atoms. The van der Waals surface area contributed by atoms with Crippen molar-refractivity contribution in [1.29, 1.82) is 0 Å². The molecular formula is C5H9ClN6O2S. The number of nitrogens with one attached hydrogen (secondary N) is 2. The molecule has 2 aliphatic heterocycles. The molecule has 0 aromatic rings. The van der Waals surface area contributed by atoms with Crippen LogP contribution in [-0.2, 0) is 0 Å². The highest BCUT2D eigenvalue weighted by Crippen LogP contribution is 2.51. The van der Waals surface area contributed by atoms with Crippen molar-refractivity contribution in [3.63, 3.8) is 0 Å². The first-order valence-electron chi connectivity index (χ1n) is 3.81. The number of halogens is 1. The fraction of sp³-hybridized carbons (Fsp3) is 0.400. The van der Waals surface area contributed by atoms with Crippen molar-refractivity contribution in [3.05, 3.63) is 21.3 Å². The van der Waals surface area contributed by atoms with E-state index in [0.29, 0.717) is 0 Å². The molecule has 2 N–H and O–H groups in total. The lowest BCUT2D eigenvalue weighted by Crippen LogP contribution is -2.32. The summed E-state index contributed by atoms with van der Waals surface area (Å²) in [5.74, 6) is 0.139. The molecule has 2 rings (SSSR count). The fourth-order valence-electron chi connectivity index (χ4n) is 0.659. The van der Waals surface area contributed by atoms with Crippen LogP contribution in [0.4, 0.5) is 0 Å². The molecule has 2 aliphatic rings. The lowest BCUT2D eigenvalue weighted by atomic mass is 10.9. The largest absolute Gasteiger partial charge is 0.354 e. The first-order chi connectivity index (χ1) is 7.08. The molecule has 2 heterocycles. The Labute approximate surface area is 95.3 Å². The van der Waals surface area contributed by atoms with Gasteiger partial charge in [-0.1, -0.05) is 3.93 Å². The van der Waals surface area contributed by atoms with E-state index in [4.69, 9.17) is 11.8 Å². The second-order valence-corrected chi connectivity index (χ2v) is 3.78. The zero-order chi connectivity index (χ0) is 11.4. The van der Waals surface area contributed by atoms with Crippen LogP contribution in [-0.4, -0.2) is 34.0 Å². The van der Waals surface area contributed by atoms with Gasteiger partial charge in [0.15, 0.2) is 5.03 Å². The van der Waals surface area contributed by atoms with Gasteiger partial charge in [-0.3, -0.25) is 0 Å². The monoisotopic (exact) mass is 252 g/mol. The van der Waals surface area contributed by atoms with Gasteiger partial charge < -0.3 is 10.6 Å². The third-order valence-corrected chi connectivity index (χ3v) is 2.56. The average Bonchev–Trinajstić information content (AvgIpc) is 2.86. The first kappa shape index (κ1) is 11.9. The summed E-state index contributed by atoms with van der Waals surface area (Å²) in [6, 6.07) is 0. The number of rotatable bonds is 1. The predicted molar refractivity (Wildman–Crippen MR) is 57.8 cm³/mol. The third-order valence-electron chi connectivity index (χ3n) is 1.38. The van der Waals surface area contributed by atoms with Crippen LogP contribution in [0.5, 0.6) is 0 Å². The highest BCUT2D eigenvalue weighted by atomic mass is 35.5. The van der Waals surface area contributed by atoms with Gasteiger partial charge in [0.2, 0.25) is 0 Å². The van der Waals surface area contributed by atoms with Crippen molar-refractivity contribution < 1.29 is 5.03 Å². The minimum absolute atomic E-state index is 0.139. The van der Waals surface area contributed by atoms with Crippen molar-refractivity contribution in [2.45, 2.75) is 0 Å². The maximum atomic E-state index is 9.67. The number of hydrogen-bond acceptors (Lipinski definition) is 5. The van der Waals surface area contributed by atoms with Gasteiger partial charge in [-0.2, -0.15) is 0 Å². The fourth-order valence-corrected chi connectivity index (χ4v) is 1.62. The van der Waals surface area contributed by atoms with E-state index in [1.54, 1.807) is 30.0 Å². The van der Waals surface area contributed by atoms with E-state index in [1.807, 2.05) is 11.2 Å². The molecule has 0 radical (unpaired) electrons. The summed E-state index contributed by atoms with van der Waals surface area (Å²) < 4.78 is 1.55. The van der Waals surface area contributed by atoms with Crippen LogP contribution in [0.3, 0.4) is 0 Å². The molecule has 0 spiro atoms. The van der Waals surface area contributed by atoms with Crippen molar-refractivity contribution in [1.82, 2.24) is 19.6 Å². The van der Waals surface area contributed by atoms with Crippen LogP contribution in [0.2, 0.25) is 0 Å². The Hall–Kier alpha value is -1.19. The zero-order valence-corrected chi connectivity index (χ0v) is 9.54. The van der Waals surface area contributed by atoms with Crippen molar-refractivity contribution in [3.8, 4) is 0 Å². The molecule has 10 heteroatoms. The smallest absolute Gasteiger partial charge is 0.268 e. The van der Waals surface area contributed by atoms with Gasteiger partial charge in [0.05, 0.1) is 6.20 Å². The molecular weight excluding hydrogens is 244 g/mol. The molecule has 0 saturated carbocycles. The number of hydrazone groups is 1. The summed E-state index contributed by atoms with van der Waals surface area (Å²) in [4.78, 5) is 9.67. The van der Waals surface area contributed by atoms with Crippen molar-refractivity contribution in [2.24, 2.45) is 5.10 Å². The maximum Gasteiger partial charge on any atom is 0.268 e. The first-order valence-corrected chi connectivity index (χ1v) is 4.93. The van der Waals surface area contributed by atoms with Gasteiger partial charge in [0.25, 0.3) is 5.96 Å². The quantitative estimate of drug-likeness (QED) is 0.171. The molecule has 8 nitrogen and oxygen atoms in total. The molecule has 0 aliphatic carbocycles. The van der Waals surface area contributed by atoms with Crippen LogP contribution < -0.4 is 10.6 Å². The molecule has 0 unspecified atom stereocenters. The minimum Gasteiger partial charge on any atom is -0.354 e. The molecule has 1 saturated heterocycles. The van der Waals surface area contributed by atoms with Crippen LogP contribution in [0, 0.1) is 10.1 Å². The maximum absolute atomic E-state index is 9.67. The van der Waals surface area contributed by atoms with E-state index < -0.39 is 5.03 Å². The molecule has 0 amide bonds. The molecule has 15 heavy (non-hydrogen) atoms. The van der Waals surface area contributed by atoms with Crippen LogP contribution in [0.15, 0.2) is 16.3 Å². The highest BCUT2D eigenvalue weighted by Gasteiger charge is 2.40. The summed E-state index contributed by atoms with van der Waals surface area (Å²) >= 11 is 6.95. The van der Waals surface area contributed by atoms with Gasteiger partial charge in [0.1, 0.15) is 10.1 Å². The van der Waals surface area contributed by atoms with E-state index in [9.17, 15) is 10.1 Å². The van der Waals surface area contributed by atoms with E-state index >= 15 is 0 Å². The Bertz CT molecular complexity index is 315. The third kappa shape index (κ3) is 3.46. The number of hydrogen-bond donors (Lipinski definition) is 2. The number of fused-ring (bicyclic) bond motifs is 1. The van der Waals surface area contributed by atoms with E-state index in [1.165, 1.54) is 5.03 Å². The zero-order valence-electron chi connectivity index (χ0n) is 7.97. The number of guanidine groups is 1. The SMILES string of the molecule is CNC(=N[N+](=O)[O-])NC.ClN1SC2=CN21. The average molecular weight is 253 g/mol. The lowest BCUT2D eigenvalue weighted by Gasteiger charge is -2.21. The second-order valence-electron chi connectivity index (χ2n) is 2.32. The highest BCUT2D eigenvalue weighted by molar-refractivity contribution is 8.03. The molecule has 0 aromatic heterocycles. The minimum atomic E-state index is -0.775. The van der Waals surface area contributed by atoms with E-state index in [0.717, 1.165) is 0 Å². The van der Waals surface area contributed by atoms with Crippen molar-refractivity contribution in [2.75, 3.05) is 14.1 Å². The summed E-state index contributed by atoms with van der Waals surface area (Å²) in [5, 5.41) is 19.9. The Morgan fingerprint density at radius 2 is 2.27 bits per heavy atom. The second kappa shape index (κ2) is 5.05. The molecule has 0 aromatic carbocycles. The molecule has 1 fully saturated rings. The number of nitrogens with zero attached hydrogens (tertiary/aromatic N) is 4. The van der Waals surface area contributed by atoms with E-state index in [2.05, 4.69) is 15.7 Å². The standard InChI is InChI=1S/C3H8N4O2.C2HClN2S/c1-4-3(5-2)6-7(8)9;3-5-4-1-2(4)6-5/h1-2H3,(H2,4,5,6);1H. The predicted octanol–water partition coefficient (Wildman–Crippen LogP) is 0.106. The Morgan fingerprint density at radius 3 is 2.33 bits per heavy atom. The van der Waals surface area contributed by atoms with E-state index in [-0.39, 0.29) is 5.96 Å². The normalized spacial score (nSPS) is 15.9. The summed E-state index contributed by atoms with van der Waals surface area (Å²) in [7, 11) is 3.08. The lowest BCUT2D eigenvalue weighted by molar-refractivity contribution is -0.485. The topological polar surface area (TPSA) is 85.8 Å². The van der Waals surface area contributed by atoms with Crippen LogP contribution in [0.25, 0.3) is 0 Å². The Kier molecular flexibility index (Phi) is 4.00. The molecule has 0 atom stereocenters. The van der Waals surface area contributed by atoms with Gasteiger partial charge in [0, 0.05) is 37.8 Å². The van der Waals surface area contributed by atoms with Gasteiger partial charge in [-0.25, -0.2) is 15.1 Å². The van der Waals surface area contributed by atoms with Gasteiger partial charge in [-0.15, -0.1) is 0 Å². The molecule has 84 valence electrons. The van der Waals surface area contributed by atoms with Gasteiger partial charge >= 0.3 is 0 Å². The van der Waals surface area contributed by atoms with Gasteiger partial charge in [-0.05, 0) is 0 Å².